The summed E-state index contributed by atoms with van der Waals surface area (Å²) in [4.78, 5) is 17.1. The maximum atomic E-state index is 12.7. The largest absolute Gasteiger partial charge is 0.393 e. The number of nitrogens with zero attached hydrogens (tertiary/aromatic N) is 2. The van der Waals surface area contributed by atoms with Crippen molar-refractivity contribution in [3.8, 4) is 11.3 Å². The Balaban J connectivity index is 1.47. The Morgan fingerprint density at radius 1 is 1.19 bits per heavy atom. The molecular formula is C21H21N3O3. The second-order valence-corrected chi connectivity index (χ2v) is 6.93. The number of hydrogen-bond acceptors (Lipinski definition) is 5. The molecular weight excluding hydrogens is 342 g/mol. The number of rotatable bonds is 6. The Kier molecular flexibility index (Phi) is 4.98. The SMILES string of the molecule is O=C(N[C@@H](Cc1ccccn1)C1CC(O)C1)c1cc(-c2ccccc2)on1. The quantitative estimate of drug-likeness (QED) is 0.703. The molecule has 0 saturated heterocycles. The van der Waals surface area contributed by atoms with Crippen LogP contribution < -0.4 is 5.32 Å². The highest BCUT2D eigenvalue weighted by atomic mass is 16.5. The Bertz CT molecular complexity index is 889. The molecule has 1 aliphatic carbocycles. The van der Waals surface area contributed by atoms with Gasteiger partial charge in [-0.05, 0) is 30.9 Å². The molecule has 6 heteroatoms. The van der Waals surface area contributed by atoms with Crippen LogP contribution in [0.3, 0.4) is 0 Å². The van der Waals surface area contributed by atoms with Crippen LogP contribution in [0.15, 0.2) is 65.3 Å². The van der Waals surface area contributed by atoms with Crippen LogP contribution in [-0.2, 0) is 6.42 Å². The monoisotopic (exact) mass is 363 g/mol. The molecule has 4 rings (SSSR count). The molecule has 138 valence electrons. The first kappa shape index (κ1) is 17.4. The summed E-state index contributed by atoms with van der Waals surface area (Å²) < 4.78 is 5.33. The van der Waals surface area contributed by atoms with Crippen LogP contribution in [0.1, 0.15) is 29.0 Å². The highest BCUT2D eigenvalue weighted by Gasteiger charge is 2.35. The first-order valence-corrected chi connectivity index (χ1v) is 9.10. The molecule has 27 heavy (non-hydrogen) atoms. The maximum Gasteiger partial charge on any atom is 0.273 e. The Morgan fingerprint density at radius 3 is 2.67 bits per heavy atom. The average Bonchev–Trinajstić information content (AvgIpc) is 3.17. The summed E-state index contributed by atoms with van der Waals surface area (Å²) in [5, 5.41) is 16.6. The first-order valence-electron chi connectivity index (χ1n) is 9.10. The number of aromatic nitrogens is 2. The fraction of sp³-hybridized carbons (Fsp3) is 0.286. The Labute approximate surface area is 157 Å². The first-order chi connectivity index (χ1) is 13.2. The number of hydrogen-bond donors (Lipinski definition) is 2. The van der Waals surface area contributed by atoms with Gasteiger partial charge in [-0.25, -0.2) is 0 Å². The predicted octanol–water partition coefficient (Wildman–Crippen LogP) is 2.85. The minimum Gasteiger partial charge on any atom is -0.393 e. The van der Waals surface area contributed by atoms with E-state index in [1.54, 1.807) is 12.3 Å². The summed E-state index contributed by atoms with van der Waals surface area (Å²) in [6.45, 7) is 0. The van der Waals surface area contributed by atoms with Gasteiger partial charge >= 0.3 is 0 Å². The smallest absolute Gasteiger partial charge is 0.273 e. The van der Waals surface area contributed by atoms with E-state index in [4.69, 9.17) is 4.52 Å². The number of aliphatic hydroxyl groups is 1. The van der Waals surface area contributed by atoms with Crippen molar-refractivity contribution in [1.29, 1.82) is 0 Å². The number of benzene rings is 1. The van der Waals surface area contributed by atoms with Crippen LogP contribution in [0.2, 0.25) is 0 Å². The van der Waals surface area contributed by atoms with Crippen molar-refractivity contribution in [2.45, 2.75) is 31.4 Å². The van der Waals surface area contributed by atoms with Crippen molar-refractivity contribution in [3.63, 3.8) is 0 Å². The van der Waals surface area contributed by atoms with Crippen molar-refractivity contribution in [2.24, 2.45) is 5.92 Å². The number of amides is 1. The van der Waals surface area contributed by atoms with Crippen LogP contribution in [0.25, 0.3) is 11.3 Å². The molecule has 0 aliphatic heterocycles. The average molecular weight is 363 g/mol. The molecule has 1 aromatic carbocycles. The lowest BCUT2D eigenvalue weighted by atomic mass is 9.76. The molecule has 0 radical (unpaired) electrons. The minimum absolute atomic E-state index is 0.104. The third-order valence-electron chi connectivity index (χ3n) is 4.99. The van der Waals surface area contributed by atoms with Crippen molar-refractivity contribution in [3.05, 3.63) is 72.2 Å². The summed E-state index contributed by atoms with van der Waals surface area (Å²) in [6, 6.07) is 16.8. The molecule has 0 bridgehead atoms. The highest BCUT2D eigenvalue weighted by Crippen LogP contribution is 2.31. The molecule has 0 spiro atoms. The van der Waals surface area contributed by atoms with E-state index in [0.717, 1.165) is 11.3 Å². The lowest BCUT2D eigenvalue weighted by Crippen LogP contribution is -2.48. The molecule has 0 unspecified atom stereocenters. The third kappa shape index (κ3) is 4.06. The van der Waals surface area contributed by atoms with E-state index in [9.17, 15) is 9.90 Å². The molecule has 1 aliphatic rings. The highest BCUT2D eigenvalue weighted by molar-refractivity contribution is 5.93. The van der Waals surface area contributed by atoms with Gasteiger partial charge in [0.25, 0.3) is 5.91 Å². The van der Waals surface area contributed by atoms with E-state index in [2.05, 4.69) is 15.5 Å². The second-order valence-electron chi connectivity index (χ2n) is 6.93. The van der Waals surface area contributed by atoms with Crippen LogP contribution in [0.4, 0.5) is 0 Å². The standard InChI is InChI=1S/C21H21N3O3/c25-17-10-15(11-17)18(12-16-8-4-5-9-22-16)23-21(26)19-13-20(27-24-19)14-6-2-1-3-7-14/h1-9,13,15,17-18,25H,10-12H2,(H,23,26)/t15?,17?,18-/m0/s1. The molecule has 2 heterocycles. The van der Waals surface area contributed by atoms with Crippen molar-refractivity contribution in [1.82, 2.24) is 15.5 Å². The summed E-state index contributed by atoms with van der Waals surface area (Å²) in [5.74, 6) is 0.510. The topological polar surface area (TPSA) is 88.2 Å². The molecule has 1 saturated carbocycles. The van der Waals surface area contributed by atoms with Crippen LogP contribution >= 0.6 is 0 Å². The van der Waals surface area contributed by atoms with Gasteiger partial charge in [0.2, 0.25) is 0 Å². The molecule has 6 nitrogen and oxygen atoms in total. The van der Waals surface area contributed by atoms with Crippen molar-refractivity contribution >= 4 is 5.91 Å². The predicted molar refractivity (Wildman–Crippen MR) is 99.9 cm³/mol. The van der Waals surface area contributed by atoms with E-state index in [0.29, 0.717) is 25.0 Å². The summed E-state index contributed by atoms with van der Waals surface area (Å²) in [7, 11) is 0. The van der Waals surface area contributed by atoms with E-state index in [1.165, 1.54) is 0 Å². The van der Waals surface area contributed by atoms with Gasteiger partial charge < -0.3 is 14.9 Å². The number of aliphatic hydroxyl groups excluding tert-OH is 1. The Morgan fingerprint density at radius 2 is 1.96 bits per heavy atom. The van der Waals surface area contributed by atoms with Gasteiger partial charge in [-0.1, -0.05) is 41.6 Å². The van der Waals surface area contributed by atoms with Crippen LogP contribution in [0, 0.1) is 5.92 Å². The fourth-order valence-electron chi connectivity index (χ4n) is 3.40. The number of pyridine rings is 1. The fourth-order valence-corrected chi connectivity index (χ4v) is 3.40. The van der Waals surface area contributed by atoms with E-state index in [1.807, 2.05) is 48.5 Å². The van der Waals surface area contributed by atoms with E-state index < -0.39 is 0 Å². The summed E-state index contributed by atoms with van der Waals surface area (Å²) >= 11 is 0. The molecule has 2 aromatic heterocycles. The maximum absolute atomic E-state index is 12.7. The zero-order valence-corrected chi connectivity index (χ0v) is 14.8. The van der Waals surface area contributed by atoms with Gasteiger partial charge in [0.05, 0.1) is 6.10 Å². The van der Waals surface area contributed by atoms with Gasteiger partial charge in [0.1, 0.15) is 0 Å². The second kappa shape index (κ2) is 7.72. The molecule has 2 N–H and O–H groups in total. The Hall–Kier alpha value is -2.99. The normalized spacial score (nSPS) is 19.9. The third-order valence-corrected chi connectivity index (χ3v) is 4.99. The van der Waals surface area contributed by atoms with Gasteiger partial charge in [0, 0.05) is 36.0 Å². The van der Waals surface area contributed by atoms with Crippen molar-refractivity contribution < 1.29 is 14.4 Å². The number of nitrogens with one attached hydrogen (secondary N) is 1. The van der Waals surface area contributed by atoms with Crippen molar-refractivity contribution in [2.75, 3.05) is 0 Å². The zero-order valence-electron chi connectivity index (χ0n) is 14.8. The zero-order chi connectivity index (χ0) is 18.6. The van der Waals surface area contributed by atoms with Gasteiger partial charge in [0.15, 0.2) is 11.5 Å². The molecule has 1 fully saturated rings. The molecule has 3 aromatic rings. The van der Waals surface area contributed by atoms with Gasteiger partial charge in [-0.3, -0.25) is 9.78 Å². The molecule has 1 atom stereocenters. The summed E-state index contributed by atoms with van der Waals surface area (Å²) in [6.07, 6.45) is 3.45. The van der Waals surface area contributed by atoms with Crippen LogP contribution in [0.5, 0.6) is 0 Å². The lowest BCUT2D eigenvalue weighted by molar-refractivity contribution is 0.0237. The lowest BCUT2D eigenvalue weighted by Gasteiger charge is -2.37. The molecule has 1 amide bonds. The van der Waals surface area contributed by atoms with E-state index in [-0.39, 0.29) is 29.7 Å². The minimum atomic E-state index is -0.283. The summed E-state index contributed by atoms with van der Waals surface area (Å²) in [5.41, 5.74) is 2.03. The van der Waals surface area contributed by atoms with Gasteiger partial charge in [-0.15, -0.1) is 0 Å². The number of carbonyl (C=O) groups is 1. The van der Waals surface area contributed by atoms with E-state index >= 15 is 0 Å². The van der Waals surface area contributed by atoms with Crippen LogP contribution in [-0.4, -0.2) is 33.3 Å². The number of carbonyl (C=O) groups excluding carboxylic acids is 1. The van der Waals surface area contributed by atoms with Gasteiger partial charge in [-0.2, -0.15) is 0 Å².